The lowest BCUT2D eigenvalue weighted by molar-refractivity contribution is 1.18. The second-order valence-corrected chi connectivity index (χ2v) is 8.20. The molecule has 6 rings (SSSR count). The lowest BCUT2D eigenvalue weighted by Gasteiger charge is -2.09. The van der Waals surface area contributed by atoms with Gasteiger partial charge in [-0.3, -0.25) is 5.43 Å². The van der Waals surface area contributed by atoms with E-state index in [4.69, 9.17) is 0 Å². The van der Waals surface area contributed by atoms with Crippen LogP contribution in [0.1, 0.15) is 5.56 Å². The van der Waals surface area contributed by atoms with Crippen molar-refractivity contribution < 1.29 is 0 Å². The van der Waals surface area contributed by atoms with E-state index >= 15 is 0 Å². The number of hydrogen-bond acceptors (Lipinski definition) is 4. The number of para-hydroxylation sites is 2. The smallest absolute Gasteiger partial charge is 0.201 e. The number of hydrogen-bond donors (Lipinski definition) is 1. The zero-order valence-corrected chi connectivity index (χ0v) is 18.8. The fraction of sp³-hybridized carbons (Fsp3) is 0. The number of nitrogens with one attached hydrogen (secondary N) is 1. The zero-order valence-electron chi connectivity index (χ0n) is 18.8. The molecule has 0 aliphatic carbocycles. The molecule has 0 atom stereocenters. The number of amidine groups is 1. The Morgan fingerprint density at radius 1 is 0.600 bits per heavy atom. The van der Waals surface area contributed by atoms with Crippen LogP contribution < -0.4 is 5.43 Å². The maximum atomic E-state index is 4.65. The first-order valence-corrected chi connectivity index (χ1v) is 11.4. The van der Waals surface area contributed by atoms with E-state index in [9.17, 15) is 0 Å². The molecule has 166 valence electrons. The minimum absolute atomic E-state index is 0.477. The van der Waals surface area contributed by atoms with Crippen LogP contribution in [0.2, 0.25) is 0 Å². The number of fused-ring (bicyclic) bond motifs is 3. The highest BCUT2D eigenvalue weighted by molar-refractivity contribution is 6.13. The highest BCUT2D eigenvalue weighted by Gasteiger charge is 2.10. The molecule has 5 nitrogen and oxygen atoms in total. The van der Waals surface area contributed by atoms with Gasteiger partial charge in [0.1, 0.15) is 0 Å². The van der Waals surface area contributed by atoms with Crippen molar-refractivity contribution >= 4 is 49.8 Å². The molecule has 0 fully saturated rings. The van der Waals surface area contributed by atoms with Crippen LogP contribution in [-0.4, -0.2) is 10.8 Å². The van der Waals surface area contributed by atoms with Crippen LogP contribution in [0.4, 0.5) is 11.5 Å². The summed E-state index contributed by atoms with van der Waals surface area (Å²) < 4.78 is 0. The van der Waals surface area contributed by atoms with E-state index in [-0.39, 0.29) is 0 Å². The van der Waals surface area contributed by atoms with Gasteiger partial charge in [0.15, 0.2) is 5.82 Å². The first-order valence-electron chi connectivity index (χ1n) is 11.4. The summed E-state index contributed by atoms with van der Waals surface area (Å²) in [5.41, 5.74) is 5.76. The molecule has 0 amide bonds. The number of aromatic nitrogens is 1. The predicted molar refractivity (Wildman–Crippen MR) is 144 cm³/mol. The van der Waals surface area contributed by atoms with Gasteiger partial charge in [-0.25, -0.2) is 4.98 Å². The molecule has 5 aromatic carbocycles. The van der Waals surface area contributed by atoms with Gasteiger partial charge in [-0.1, -0.05) is 78.9 Å². The maximum Gasteiger partial charge on any atom is 0.201 e. The third-order valence-electron chi connectivity index (χ3n) is 5.88. The van der Waals surface area contributed by atoms with E-state index in [0.717, 1.165) is 38.3 Å². The summed E-state index contributed by atoms with van der Waals surface area (Å²) in [6.07, 6.45) is 0. The van der Waals surface area contributed by atoms with Crippen molar-refractivity contribution in [1.29, 1.82) is 0 Å². The van der Waals surface area contributed by atoms with E-state index < -0.39 is 0 Å². The summed E-state index contributed by atoms with van der Waals surface area (Å²) in [6.45, 7) is 0. The Morgan fingerprint density at radius 3 is 2.17 bits per heavy atom. The third-order valence-corrected chi connectivity index (χ3v) is 5.88. The topological polar surface area (TPSA) is 62.0 Å². The summed E-state index contributed by atoms with van der Waals surface area (Å²) in [7, 11) is 0. The molecule has 5 heteroatoms. The normalized spacial score (nSPS) is 12.1. The summed E-state index contributed by atoms with van der Waals surface area (Å²) in [6, 6.07) is 40.5. The van der Waals surface area contributed by atoms with Gasteiger partial charge >= 0.3 is 0 Å². The van der Waals surface area contributed by atoms with Crippen LogP contribution >= 0.6 is 0 Å². The van der Waals surface area contributed by atoms with Gasteiger partial charge in [0.25, 0.3) is 0 Å². The second kappa shape index (κ2) is 9.15. The molecule has 6 aromatic rings. The number of azo groups is 1. The quantitative estimate of drug-likeness (QED) is 0.0967. The SMILES string of the molecule is c1ccc(NN=C(N=Nc2ccc3ccccc3n2)c2cccc3cc4ccccc4cc23)cc1. The van der Waals surface area contributed by atoms with Gasteiger partial charge in [0, 0.05) is 10.9 Å². The first kappa shape index (κ1) is 20.7. The lowest BCUT2D eigenvalue weighted by atomic mass is 9.99. The van der Waals surface area contributed by atoms with Crippen LogP contribution in [0.15, 0.2) is 137 Å². The Morgan fingerprint density at radius 2 is 1.31 bits per heavy atom. The molecule has 0 unspecified atom stereocenters. The molecular weight excluding hydrogens is 430 g/mol. The zero-order chi connectivity index (χ0) is 23.5. The highest BCUT2D eigenvalue weighted by Crippen LogP contribution is 2.27. The van der Waals surface area contributed by atoms with E-state index in [1.165, 1.54) is 5.39 Å². The second-order valence-electron chi connectivity index (χ2n) is 8.20. The van der Waals surface area contributed by atoms with Gasteiger partial charge in [0.2, 0.25) is 5.84 Å². The first-order chi connectivity index (χ1) is 17.3. The van der Waals surface area contributed by atoms with Gasteiger partial charge < -0.3 is 0 Å². The average Bonchev–Trinajstić information content (AvgIpc) is 2.92. The molecular formula is C30H21N5. The van der Waals surface area contributed by atoms with Crippen molar-refractivity contribution in [2.24, 2.45) is 15.3 Å². The number of anilines is 1. The van der Waals surface area contributed by atoms with Crippen molar-refractivity contribution in [1.82, 2.24) is 4.98 Å². The average molecular weight is 452 g/mol. The Bertz CT molecular complexity index is 1720. The van der Waals surface area contributed by atoms with Crippen LogP contribution in [0.3, 0.4) is 0 Å². The van der Waals surface area contributed by atoms with Crippen LogP contribution in [0, 0.1) is 0 Å². The summed E-state index contributed by atoms with van der Waals surface area (Å²) >= 11 is 0. The molecule has 0 aliphatic heterocycles. The molecule has 0 bridgehead atoms. The number of benzene rings is 5. The van der Waals surface area contributed by atoms with E-state index in [1.54, 1.807) is 0 Å². The number of hydrazone groups is 1. The van der Waals surface area contributed by atoms with E-state index in [2.05, 4.69) is 62.1 Å². The fourth-order valence-electron chi connectivity index (χ4n) is 4.14. The monoisotopic (exact) mass is 451 g/mol. The molecule has 35 heavy (non-hydrogen) atoms. The molecule has 1 aromatic heterocycles. The lowest BCUT2D eigenvalue weighted by Crippen LogP contribution is -2.02. The third kappa shape index (κ3) is 4.35. The number of rotatable bonds is 4. The van der Waals surface area contributed by atoms with Crippen molar-refractivity contribution in [3.8, 4) is 0 Å². The minimum atomic E-state index is 0.477. The Labute approximate surface area is 202 Å². The Balaban J connectivity index is 1.47. The van der Waals surface area contributed by atoms with Crippen molar-refractivity contribution in [2.75, 3.05) is 5.43 Å². The molecule has 0 saturated carbocycles. The van der Waals surface area contributed by atoms with Gasteiger partial charge in [-0.2, -0.15) is 5.10 Å². The van der Waals surface area contributed by atoms with Gasteiger partial charge in [-0.15, -0.1) is 10.2 Å². The molecule has 0 aliphatic rings. The number of pyridine rings is 1. The summed E-state index contributed by atoms with van der Waals surface area (Å²) in [5.74, 6) is 1.01. The van der Waals surface area contributed by atoms with Crippen molar-refractivity contribution in [3.63, 3.8) is 0 Å². The highest BCUT2D eigenvalue weighted by atomic mass is 15.3. The largest absolute Gasteiger partial charge is 0.276 e. The van der Waals surface area contributed by atoms with Crippen LogP contribution in [0.25, 0.3) is 32.4 Å². The standard InChI is InChI=1S/C30H21N5/c1-2-13-25(14-3-1)32-34-30(35-33-29-18-17-21-9-6-7-16-28(21)31-29)26-15-8-12-24-19-22-10-4-5-11-23(22)20-27(24)26/h1-20,32H. The molecule has 0 radical (unpaired) electrons. The molecule has 1 heterocycles. The Hall–Kier alpha value is -4.90. The molecule has 0 spiro atoms. The van der Waals surface area contributed by atoms with Gasteiger partial charge in [-0.05, 0) is 64.0 Å². The summed E-state index contributed by atoms with van der Waals surface area (Å²) in [5, 5.41) is 19.3. The fourth-order valence-corrected chi connectivity index (χ4v) is 4.14. The van der Waals surface area contributed by atoms with Crippen LogP contribution in [0.5, 0.6) is 0 Å². The molecule has 1 N–H and O–H groups in total. The Kier molecular flexibility index (Phi) is 5.41. The van der Waals surface area contributed by atoms with Crippen molar-refractivity contribution in [2.45, 2.75) is 0 Å². The van der Waals surface area contributed by atoms with E-state index in [0.29, 0.717) is 11.7 Å². The van der Waals surface area contributed by atoms with Crippen molar-refractivity contribution in [3.05, 3.63) is 127 Å². The van der Waals surface area contributed by atoms with Crippen LogP contribution in [-0.2, 0) is 0 Å². The van der Waals surface area contributed by atoms with Gasteiger partial charge in [0.05, 0.1) is 11.2 Å². The van der Waals surface area contributed by atoms with E-state index in [1.807, 2.05) is 84.9 Å². The predicted octanol–water partition coefficient (Wildman–Crippen LogP) is 8.10. The molecule has 0 saturated heterocycles. The minimum Gasteiger partial charge on any atom is -0.276 e. The maximum absolute atomic E-state index is 4.65. The number of nitrogens with zero attached hydrogens (tertiary/aromatic N) is 4. The summed E-state index contributed by atoms with van der Waals surface area (Å²) in [4.78, 5) is 4.63.